The van der Waals surface area contributed by atoms with Crippen molar-refractivity contribution in [2.24, 2.45) is 0 Å². The van der Waals surface area contributed by atoms with Crippen molar-refractivity contribution in [1.82, 2.24) is 10.2 Å². The molecule has 1 amide bonds. The highest BCUT2D eigenvalue weighted by Crippen LogP contribution is 2.29. The topological polar surface area (TPSA) is 60.0 Å². The minimum atomic E-state index is -0.195. The molecule has 29 heavy (non-hydrogen) atoms. The molecule has 3 rings (SSSR count). The Morgan fingerprint density at radius 1 is 1.34 bits per heavy atom. The molecular weight excluding hydrogens is 388 g/mol. The second kappa shape index (κ2) is 10.6. The van der Waals surface area contributed by atoms with Gasteiger partial charge in [-0.25, -0.2) is 0 Å². The number of rotatable bonds is 10. The fourth-order valence-electron chi connectivity index (χ4n) is 3.63. The van der Waals surface area contributed by atoms with Crippen molar-refractivity contribution in [3.05, 3.63) is 46.2 Å². The molecule has 0 bridgehead atoms. The summed E-state index contributed by atoms with van der Waals surface area (Å²) < 4.78 is 16.6. The molecule has 1 aliphatic rings. The highest BCUT2D eigenvalue weighted by Gasteiger charge is 2.22. The second-order valence-corrected chi connectivity index (χ2v) is 8.31. The molecule has 0 saturated carbocycles. The largest absolute Gasteiger partial charge is 0.497 e. The molecule has 1 aromatic heterocycles. The number of hydrogen-bond donors (Lipinski definition) is 1. The Morgan fingerprint density at radius 2 is 2.21 bits per heavy atom. The van der Waals surface area contributed by atoms with Gasteiger partial charge in [-0.15, -0.1) is 11.3 Å². The molecule has 1 N–H and O–H groups in total. The summed E-state index contributed by atoms with van der Waals surface area (Å²) in [5.41, 5.74) is 0.893. The van der Waals surface area contributed by atoms with Gasteiger partial charge in [-0.1, -0.05) is 6.07 Å². The van der Waals surface area contributed by atoms with E-state index in [-0.39, 0.29) is 18.1 Å². The van der Waals surface area contributed by atoms with Crippen molar-refractivity contribution >= 4 is 17.2 Å². The molecule has 6 nitrogen and oxygen atoms in total. The minimum absolute atomic E-state index is 0.0167. The van der Waals surface area contributed by atoms with E-state index in [4.69, 9.17) is 14.2 Å². The maximum absolute atomic E-state index is 12.8. The van der Waals surface area contributed by atoms with Gasteiger partial charge in [0.05, 0.1) is 32.9 Å². The van der Waals surface area contributed by atoms with E-state index < -0.39 is 0 Å². The van der Waals surface area contributed by atoms with Gasteiger partial charge in [0.1, 0.15) is 11.5 Å². The van der Waals surface area contributed by atoms with E-state index in [9.17, 15) is 4.79 Å². The van der Waals surface area contributed by atoms with Crippen LogP contribution in [0.25, 0.3) is 0 Å². The maximum Gasteiger partial charge on any atom is 0.234 e. The van der Waals surface area contributed by atoms with Crippen molar-refractivity contribution < 1.29 is 19.0 Å². The number of nitrogens with zero attached hydrogens (tertiary/aromatic N) is 1. The SMILES string of the molecule is COc1ccc(OC)c([C@H](C)NC(=O)CN(Cc2cccs2)C[C@H]2CCCO2)c1. The summed E-state index contributed by atoms with van der Waals surface area (Å²) >= 11 is 1.71. The van der Waals surface area contributed by atoms with Gasteiger partial charge in [-0.2, -0.15) is 0 Å². The number of benzene rings is 1. The second-order valence-electron chi connectivity index (χ2n) is 7.28. The van der Waals surface area contributed by atoms with Crippen LogP contribution in [0.3, 0.4) is 0 Å². The summed E-state index contributed by atoms with van der Waals surface area (Å²) in [4.78, 5) is 16.3. The molecule has 1 aromatic carbocycles. The van der Waals surface area contributed by atoms with Crippen LogP contribution in [-0.2, 0) is 16.1 Å². The molecule has 0 aliphatic carbocycles. The third kappa shape index (κ3) is 6.19. The van der Waals surface area contributed by atoms with Crippen LogP contribution in [0, 0.1) is 0 Å². The van der Waals surface area contributed by atoms with Crippen molar-refractivity contribution in [2.75, 3.05) is 33.9 Å². The third-order valence-electron chi connectivity index (χ3n) is 5.09. The molecule has 0 spiro atoms. The van der Waals surface area contributed by atoms with Gasteiger partial charge >= 0.3 is 0 Å². The third-order valence-corrected chi connectivity index (χ3v) is 5.95. The zero-order valence-corrected chi connectivity index (χ0v) is 18.2. The fourth-order valence-corrected chi connectivity index (χ4v) is 4.38. The average Bonchev–Trinajstić information content (AvgIpc) is 3.41. The number of carbonyl (C=O) groups excluding carboxylic acids is 1. The predicted octanol–water partition coefficient (Wildman–Crippen LogP) is 3.62. The molecule has 1 aliphatic heterocycles. The summed E-state index contributed by atoms with van der Waals surface area (Å²) in [6, 6.07) is 9.56. The lowest BCUT2D eigenvalue weighted by molar-refractivity contribution is -0.123. The molecule has 1 saturated heterocycles. The van der Waals surface area contributed by atoms with Gasteiger partial charge in [0, 0.05) is 30.1 Å². The zero-order valence-electron chi connectivity index (χ0n) is 17.3. The van der Waals surface area contributed by atoms with Gasteiger partial charge in [0.2, 0.25) is 5.91 Å². The summed E-state index contributed by atoms with van der Waals surface area (Å²) in [5.74, 6) is 1.45. The van der Waals surface area contributed by atoms with Gasteiger partial charge < -0.3 is 19.5 Å². The van der Waals surface area contributed by atoms with Gasteiger partial charge in [-0.3, -0.25) is 9.69 Å². The highest BCUT2D eigenvalue weighted by molar-refractivity contribution is 7.09. The Morgan fingerprint density at radius 3 is 2.86 bits per heavy atom. The molecule has 2 heterocycles. The lowest BCUT2D eigenvalue weighted by Crippen LogP contribution is -2.41. The van der Waals surface area contributed by atoms with Gasteiger partial charge in [-0.05, 0) is 49.4 Å². The fraction of sp³-hybridized carbons (Fsp3) is 0.500. The summed E-state index contributed by atoms with van der Waals surface area (Å²) in [6.07, 6.45) is 2.36. The first kappa shape index (κ1) is 21.6. The normalized spacial score (nSPS) is 17.3. The summed E-state index contributed by atoms with van der Waals surface area (Å²) in [7, 11) is 3.26. The average molecular weight is 419 g/mol. The van der Waals surface area contributed by atoms with Gasteiger partial charge in [0.15, 0.2) is 0 Å². The Kier molecular flexibility index (Phi) is 7.91. The quantitative estimate of drug-likeness (QED) is 0.639. The van der Waals surface area contributed by atoms with Crippen LogP contribution in [0.15, 0.2) is 35.7 Å². The zero-order chi connectivity index (χ0) is 20.6. The smallest absolute Gasteiger partial charge is 0.234 e. The van der Waals surface area contributed by atoms with E-state index in [0.29, 0.717) is 6.54 Å². The first-order valence-electron chi connectivity index (χ1n) is 9.96. The monoisotopic (exact) mass is 418 g/mol. The molecular formula is C22H30N2O4S. The van der Waals surface area contributed by atoms with Crippen molar-refractivity contribution in [2.45, 2.75) is 38.5 Å². The predicted molar refractivity (Wildman–Crippen MR) is 115 cm³/mol. The Hall–Kier alpha value is -2.09. The summed E-state index contributed by atoms with van der Waals surface area (Å²) in [6.45, 7) is 4.62. The van der Waals surface area contributed by atoms with E-state index in [0.717, 1.165) is 49.6 Å². The van der Waals surface area contributed by atoms with Crippen molar-refractivity contribution in [3.63, 3.8) is 0 Å². The van der Waals surface area contributed by atoms with E-state index in [2.05, 4.69) is 21.7 Å². The van der Waals surface area contributed by atoms with Crippen LogP contribution in [0.4, 0.5) is 0 Å². The number of carbonyl (C=O) groups is 1. The lowest BCUT2D eigenvalue weighted by atomic mass is 10.1. The summed E-state index contributed by atoms with van der Waals surface area (Å²) in [5, 5.41) is 5.17. The van der Waals surface area contributed by atoms with E-state index in [1.165, 1.54) is 4.88 Å². The lowest BCUT2D eigenvalue weighted by Gasteiger charge is -2.25. The minimum Gasteiger partial charge on any atom is -0.497 e. The highest BCUT2D eigenvalue weighted by atomic mass is 32.1. The molecule has 2 atom stereocenters. The standard InChI is InChI=1S/C22H30N2O4S/c1-16(20-12-17(26-2)8-9-21(20)27-3)23-22(25)15-24(13-18-6-4-10-28-18)14-19-7-5-11-29-19/h5,7-9,11-12,16,18H,4,6,10,13-15H2,1-3H3,(H,23,25)/t16-,18+/m0/s1. The van der Waals surface area contributed by atoms with E-state index in [1.54, 1.807) is 25.6 Å². The van der Waals surface area contributed by atoms with Crippen molar-refractivity contribution in [1.29, 1.82) is 0 Å². The number of methoxy groups -OCH3 is 2. The van der Waals surface area contributed by atoms with Crippen LogP contribution in [0.2, 0.25) is 0 Å². The van der Waals surface area contributed by atoms with Gasteiger partial charge in [0.25, 0.3) is 0 Å². The number of ether oxygens (including phenoxy) is 3. The van der Waals surface area contributed by atoms with Crippen LogP contribution >= 0.6 is 11.3 Å². The molecule has 158 valence electrons. The number of hydrogen-bond acceptors (Lipinski definition) is 6. The maximum atomic E-state index is 12.8. The van der Waals surface area contributed by atoms with E-state index in [1.807, 2.05) is 31.2 Å². The molecule has 0 unspecified atom stereocenters. The van der Waals surface area contributed by atoms with Crippen LogP contribution in [-0.4, -0.2) is 50.8 Å². The number of amides is 1. The van der Waals surface area contributed by atoms with Crippen LogP contribution in [0.5, 0.6) is 11.5 Å². The number of nitrogens with one attached hydrogen (secondary N) is 1. The molecule has 1 fully saturated rings. The van der Waals surface area contributed by atoms with Crippen LogP contribution in [0.1, 0.15) is 36.2 Å². The molecule has 2 aromatic rings. The first-order valence-corrected chi connectivity index (χ1v) is 10.8. The van der Waals surface area contributed by atoms with Crippen molar-refractivity contribution in [3.8, 4) is 11.5 Å². The number of thiophene rings is 1. The Labute approximate surface area is 176 Å². The Balaban J connectivity index is 1.64. The Bertz CT molecular complexity index is 775. The first-order chi connectivity index (χ1) is 14.1. The molecule has 0 radical (unpaired) electrons. The van der Waals surface area contributed by atoms with E-state index >= 15 is 0 Å². The van der Waals surface area contributed by atoms with Crippen LogP contribution < -0.4 is 14.8 Å². The molecule has 7 heteroatoms.